The van der Waals surface area contributed by atoms with Gasteiger partial charge in [0.2, 0.25) is 5.56 Å². The summed E-state index contributed by atoms with van der Waals surface area (Å²) in [5.74, 6) is -0.181. The fourth-order valence-electron chi connectivity index (χ4n) is 1.83. The van der Waals surface area contributed by atoms with Crippen LogP contribution in [-0.2, 0) is 0 Å². The number of aromatic amines is 1. The summed E-state index contributed by atoms with van der Waals surface area (Å²) in [7, 11) is 0. The lowest BCUT2D eigenvalue weighted by molar-refractivity contribution is 0.0930. The maximum atomic E-state index is 11.8. The number of H-pyrrole nitrogens is 1. The highest BCUT2D eigenvalue weighted by atomic mass is 16.2. The van der Waals surface area contributed by atoms with E-state index in [1.54, 1.807) is 6.07 Å². The lowest BCUT2D eigenvalue weighted by Crippen LogP contribution is -2.45. The number of piperidine rings is 1. The third-order valence-electron chi connectivity index (χ3n) is 2.67. The molecular weight excluding hydrogens is 206 g/mol. The molecule has 1 fully saturated rings. The van der Waals surface area contributed by atoms with E-state index in [1.165, 1.54) is 12.3 Å². The summed E-state index contributed by atoms with van der Waals surface area (Å²) in [6, 6.07) is 3.08. The number of carbonyl (C=O) groups excluding carboxylic acids is 1. The van der Waals surface area contributed by atoms with Crippen LogP contribution in [0.1, 0.15) is 23.2 Å². The Morgan fingerprint density at radius 1 is 1.50 bits per heavy atom. The Hall–Kier alpha value is -1.62. The Balaban J connectivity index is 1.99. The molecule has 1 unspecified atom stereocenters. The summed E-state index contributed by atoms with van der Waals surface area (Å²) in [6.45, 7) is 1.81. The lowest BCUT2D eigenvalue weighted by Gasteiger charge is -2.23. The van der Waals surface area contributed by atoms with E-state index in [-0.39, 0.29) is 17.5 Å². The molecule has 2 rings (SSSR count). The van der Waals surface area contributed by atoms with Crippen molar-refractivity contribution in [3.8, 4) is 0 Å². The van der Waals surface area contributed by atoms with Crippen LogP contribution in [0.25, 0.3) is 0 Å². The molecule has 1 atom stereocenters. The Morgan fingerprint density at radius 2 is 2.38 bits per heavy atom. The average molecular weight is 221 g/mol. The quantitative estimate of drug-likeness (QED) is 0.650. The predicted molar refractivity (Wildman–Crippen MR) is 60.4 cm³/mol. The molecule has 2 heterocycles. The number of carbonyl (C=O) groups is 1. The zero-order chi connectivity index (χ0) is 11.4. The van der Waals surface area contributed by atoms with Crippen LogP contribution >= 0.6 is 0 Å². The molecule has 0 radical (unpaired) electrons. The topological polar surface area (TPSA) is 74.0 Å². The molecule has 1 saturated heterocycles. The summed E-state index contributed by atoms with van der Waals surface area (Å²) in [6.07, 6.45) is 3.54. The van der Waals surface area contributed by atoms with Crippen molar-refractivity contribution < 1.29 is 4.79 Å². The van der Waals surface area contributed by atoms with Gasteiger partial charge < -0.3 is 15.6 Å². The highest BCUT2D eigenvalue weighted by Gasteiger charge is 2.16. The molecule has 86 valence electrons. The molecule has 1 amide bonds. The van der Waals surface area contributed by atoms with Gasteiger partial charge >= 0.3 is 0 Å². The van der Waals surface area contributed by atoms with Crippen LogP contribution in [0.15, 0.2) is 23.1 Å². The van der Waals surface area contributed by atoms with Gasteiger partial charge in [0.05, 0.1) is 0 Å². The van der Waals surface area contributed by atoms with Crippen molar-refractivity contribution in [3.05, 3.63) is 34.2 Å². The largest absolute Gasteiger partial charge is 0.348 e. The first kappa shape index (κ1) is 10.9. The molecule has 0 aliphatic carbocycles. The van der Waals surface area contributed by atoms with Crippen molar-refractivity contribution in [2.24, 2.45) is 0 Å². The Kier molecular flexibility index (Phi) is 3.36. The predicted octanol–water partition coefficient (Wildman–Crippen LogP) is -0.143. The van der Waals surface area contributed by atoms with Gasteiger partial charge in [-0.2, -0.15) is 0 Å². The number of rotatable bonds is 2. The molecule has 0 spiro atoms. The first-order valence-electron chi connectivity index (χ1n) is 5.46. The van der Waals surface area contributed by atoms with E-state index in [2.05, 4.69) is 15.6 Å². The normalized spacial score (nSPS) is 20.4. The standard InChI is InChI=1S/C11H15N3O2/c15-10-6-8(3-5-13-10)11(16)14-9-2-1-4-12-7-9/h3,5-6,9,12H,1-2,4,7H2,(H,13,15)(H,14,16). The number of aromatic nitrogens is 1. The molecule has 1 aliphatic heterocycles. The third-order valence-corrected chi connectivity index (χ3v) is 2.67. The summed E-state index contributed by atoms with van der Waals surface area (Å²) in [4.78, 5) is 25.3. The van der Waals surface area contributed by atoms with Crippen LogP contribution in [0, 0.1) is 0 Å². The van der Waals surface area contributed by atoms with E-state index >= 15 is 0 Å². The van der Waals surface area contributed by atoms with Crippen LogP contribution in [0.3, 0.4) is 0 Å². The van der Waals surface area contributed by atoms with Gasteiger partial charge in [0, 0.05) is 30.4 Å². The molecule has 3 N–H and O–H groups in total. The minimum Gasteiger partial charge on any atom is -0.348 e. The zero-order valence-electron chi connectivity index (χ0n) is 8.95. The van der Waals surface area contributed by atoms with Crippen molar-refractivity contribution in [1.29, 1.82) is 0 Å². The smallest absolute Gasteiger partial charge is 0.251 e. The average Bonchev–Trinajstić information content (AvgIpc) is 2.30. The SMILES string of the molecule is O=C(NC1CCCNC1)c1cc[nH]c(=O)c1. The van der Waals surface area contributed by atoms with Crippen molar-refractivity contribution in [2.45, 2.75) is 18.9 Å². The molecular formula is C11H15N3O2. The van der Waals surface area contributed by atoms with E-state index in [0.29, 0.717) is 5.56 Å². The minimum atomic E-state index is -0.255. The maximum absolute atomic E-state index is 11.8. The van der Waals surface area contributed by atoms with E-state index < -0.39 is 0 Å². The molecule has 0 saturated carbocycles. The van der Waals surface area contributed by atoms with Gasteiger partial charge in [0.1, 0.15) is 0 Å². The van der Waals surface area contributed by atoms with Crippen molar-refractivity contribution in [3.63, 3.8) is 0 Å². The molecule has 1 aromatic rings. The van der Waals surface area contributed by atoms with Crippen LogP contribution in [0.5, 0.6) is 0 Å². The third kappa shape index (κ3) is 2.70. The van der Waals surface area contributed by atoms with Gasteiger partial charge in [-0.15, -0.1) is 0 Å². The second-order valence-electron chi connectivity index (χ2n) is 3.96. The Labute approximate surface area is 93.3 Å². The van der Waals surface area contributed by atoms with Crippen molar-refractivity contribution in [1.82, 2.24) is 15.6 Å². The highest BCUT2D eigenvalue weighted by Crippen LogP contribution is 2.02. The van der Waals surface area contributed by atoms with E-state index in [4.69, 9.17) is 0 Å². The van der Waals surface area contributed by atoms with Gasteiger partial charge in [0.15, 0.2) is 0 Å². The molecule has 1 aliphatic rings. The second kappa shape index (κ2) is 4.94. The monoisotopic (exact) mass is 221 g/mol. The number of pyridine rings is 1. The fourth-order valence-corrected chi connectivity index (χ4v) is 1.83. The van der Waals surface area contributed by atoms with Crippen LogP contribution in [-0.4, -0.2) is 30.0 Å². The first-order chi connectivity index (χ1) is 7.75. The van der Waals surface area contributed by atoms with E-state index in [0.717, 1.165) is 25.9 Å². The van der Waals surface area contributed by atoms with Crippen LogP contribution in [0.4, 0.5) is 0 Å². The molecule has 5 nitrogen and oxygen atoms in total. The minimum absolute atomic E-state index is 0.167. The second-order valence-corrected chi connectivity index (χ2v) is 3.96. The maximum Gasteiger partial charge on any atom is 0.251 e. The van der Waals surface area contributed by atoms with Gasteiger partial charge in [-0.05, 0) is 25.5 Å². The summed E-state index contributed by atoms with van der Waals surface area (Å²) >= 11 is 0. The van der Waals surface area contributed by atoms with Crippen LogP contribution in [0.2, 0.25) is 0 Å². The molecule has 16 heavy (non-hydrogen) atoms. The Bertz CT molecular complexity index is 421. The van der Waals surface area contributed by atoms with E-state index in [1.807, 2.05) is 0 Å². The molecule has 5 heteroatoms. The highest BCUT2D eigenvalue weighted by molar-refractivity contribution is 5.94. The number of nitrogens with one attached hydrogen (secondary N) is 3. The van der Waals surface area contributed by atoms with Crippen LogP contribution < -0.4 is 16.2 Å². The zero-order valence-corrected chi connectivity index (χ0v) is 8.95. The summed E-state index contributed by atoms with van der Waals surface area (Å²) in [5.41, 5.74) is 0.156. The van der Waals surface area contributed by atoms with Gasteiger partial charge in [-0.3, -0.25) is 9.59 Å². The van der Waals surface area contributed by atoms with Crippen molar-refractivity contribution in [2.75, 3.05) is 13.1 Å². The summed E-state index contributed by atoms with van der Waals surface area (Å²) in [5, 5.41) is 6.13. The van der Waals surface area contributed by atoms with Gasteiger partial charge in [-0.1, -0.05) is 0 Å². The first-order valence-corrected chi connectivity index (χ1v) is 5.46. The molecule has 0 aromatic carbocycles. The van der Waals surface area contributed by atoms with Gasteiger partial charge in [0.25, 0.3) is 5.91 Å². The number of hydrogen-bond donors (Lipinski definition) is 3. The van der Waals surface area contributed by atoms with Crippen molar-refractivity contribution >= 4 is 5.91 Å². The summed E-state index contributed by atoms with van der Waals surface area (Å²) < 4.78 is 0. The number of amides is 1. The van der Waals surface area contributed by atoms with E-state index in [9.17, 15) is 9.59 Å². The molecule has 0 bridgehead atoms. The fraction of sp³-hybridized carbons (Fsp3) is 0.455. The molecule has 1 aromatic heterocycles. The lowest BCUT2D eigenvalue weighted by atomic mass is 10.1. The van der Waals surface area contributed by atoms with Gasteiger partial charge in [-0.25, -0.2) is 0 Å². The Morgan fingerprint density at radius 3 is 3.06 bits per heavy atom. The number of hydrogen-bond acceptors (Lipinski definition) is 3.